The Kier molecular flexibility index (Phi) is 6.31. The van der Waals surface area contributed by atoms with E-state index in [4.69, 9.17) is 34.8 Å². The third kappa shape index (κ3) is 5.10. The molecule has 2 N–H and O–H groups in total. The lowest BCUT2D eigenvalue weighted by atomic mass is 10.3. The van der Waals surface area contributed by atoms with E-state index in [0.717, 1.165) is 12.3 Å². The second-order valence-electron chi connectivity index (χ2n) is 4.70. The van der Waals surface area contributed by atoms with Gasteiger partial charge in [0.05, 0.1) is 20.6 Å². The molecule has 0 aliphatic carbocycles. The number of alkyl halides is 3. The molecule has 2 heterocycles. The fourth-order valence-electron chi connectivity index (χ4n) is 1.72. The van der Waals surface area contributed by atoms with Crippen LogP contribution in [0.5, 0.6) is 0 Å². The van der Waals surface area contributed by atoms with E-state index in [1.807, 2.05) is 0 Å². The van der Waals surface area contributed by atoms with Gasteiger partial charge in [-0.3, -0.25) is 4.79 Å². The van der Waals surface area contributed by atoms with Crippen molar-refractivity contribution in [2.45, 2.75) is 6.18 Å². The summed E-state index contributed by atoms with van der Waals surface area (Å²) in [6.45, 7) is 0.378. The number of hydrogen-bond acceptors (Lipinski definition) is 4. The minimum Gasteiger partial charge on any atom is -0.368 e. The summed E-state index contributed by atoms with van der Waals surface area (Å²) in [6, 6.07) is 2.11. The Hall–Kier alpha value is -1.77. The zero-order chi connectivity index (χ0) is 18.6. The number of carbonyl (C=O) groups is 1. The third-order valence-electron chi connectivity index (χ3n) is 2.94. The first-order valence-corrected chi connectivity index (χ1v) is 7.88. The third-order valence-corrected chi connectivity index (χ3v) is 4.18. The molecular formula is C14H10Cl3F3N4O. The maximum absolute atomic E-state index is 12.4. The number of pyridine rings is 2. The second kappa shape index (κ2) is 8.07. The maximum Gasteiger partial charge on any atom is 0.417 e. The summed E-state index contributed by atoms with van der Waals surface area (Å²) >= 11 is 17.5. The lowest BCUT2D eigenvalue weighted by Gasteiger charge is -2.10. The lowest BCUT2D eigenvalue weighted by Crippen LogP contribution is -2.29. The van der Waals surface area contributed by atoms with Crippen LogP contribution in [0.2, 0.25) is 15.1 Å². The van der Waals surface area contributed by atoms with Crippen LogP contribution in [0, 0.1) is 0 Å². The van der Waals surface area contributed by atoms with Crippen molar-refractivity contribution in [1.29, 1.82) is 0 Å². The van der Waals surface area contributed by atoms with Gasteiger partial charge in [-0.25, -0.2) is 9.97 Å². The highest BCUT2D eigenvalue weighted by Gasteiger charge is 2.30. The molecule has 0 saturated heterocycles. The van der Waals surface area contributed by atoms with E-state index < -0.39 is 17.6 Å². The van der Waals surface area contributed by atoms with Crippen molar-refractivity contribution in [3.05, 3.63) is 50.9 Å². The summed E-state index contributed by atoms with van der Waals surface area (Å²) in [5, 5.41) is 5.39. The van der Waals surface area contributed by atoms with E-state index in [9.17, 15) is 18.0 Å². The summed E-state index contributed by atoms with van der Waals surface area (Å²) in [7, 11) is 0. The van der Waals surface area contributed by atoms with Gasteiger partial charge in [0.25, 0.3) is 5.91 Å². The van der Waals surface area contributed by atoms with Crippen LogP contribution in [0.25, 0.3) is 0 Å². The lowest BCUT2D eigenvalue weighted by molar-refractivity contribution is -0.137. The predicted molar refractivity (Wildman–Crippen MR) is 89.3 cm³/mol. The molecule has 0 saturated carbocycles. The molecule has 0 aromatic carbocycles. The van der Waals surface area contributed by atoms with Gasteiger partial charge in [-0.2, -0.15) is 13.2 Å². The van der Waals surface area contributed by atoms with Gasteiger partial charge in [0.15, 0.2) is 0 Å². The van der Waals surface area contributed by atoms with Gasteiger partial charge in [0.1, 0.15) is 11.5 Å². The molecule has 0 fully saturated rings. The zero-order valence-corrected chi connectivity index (χ0v) is 14.6. The fraction of sp³-hybridized carbons (Fsp3) is 0.214. The van der Waals surface area contributed by atoms with Crippen molar-refractivity contribution in [3.63, 3.8) is 0 Å². The molecule has 2 rings (SSSR count). The van der Waals surface area contributed by atoms with Crippen LogP contribution >= 0.6 is 34.8 Å². The topological polar surface area (TPSA) is 66.9 Å². The molecule has 2 aromatic heterocycles. The Balaban J connectivity index is 1.85. The molecule has 0 atom stereocenters. The van der Waals surface area contributed by atoms with Gasteiger partial charge < -0.3 is 10.6 Å². The van der Waals surface area contributed by atoms with Crippen molar-refractivity contribution in [3.8, 4) is 0 Å². The number of nitrogens with zero attached hydrogens (tertiary/aromatic N) is 2. The molecule has 134 valence electrons. The Morgan fingerprint density at radius 3 is 2.36 bits per heavy atom. The summed E-state index contributed by atoms with van der Waals surface area (Å²) < 4.78 is 37.3. The fourth-order valence-corrected chi connectivity index (χ4v) is 2.28. The van der Waals surface area contributed by atoms with Crippen LogP contribution in [0.4, 0.5) is 19.0 Å². The van der Waals surface area contributed by atoms with Crippen LogP contribution < -0.4 is 10.6 Å². The number of amides is 1. The Bertz CT molecular complexity index is 769. The molecule has 25 heavy (non-hydrogen) atoms. The van der Waals surface area contributed by atoms with Crippen LogP contribution in [-0.2, 0) is 6.18 Å². The highest BCUT2D eigenvalue weighted by Crippen LogP contribution is 2.31. The van der Waals surface area contributed by atoms with Crippen molar-refractivity contribution >= 4 is 46.5 Å². The first-order valence-electron chi connectivity index (χ1n) is 6.75. The van der Waals surface area contributed by atoms with Gasteiger partial charge in [0.2, 0.25) is 0 Å². The number of aromatic nitrogens is 2. The largest absolute Gasteiger partial charge is 0.417 e. The quantitative estimate of drug-likeness (QED) is 0.717. The van der Waals surface area contributed by atoms with Gasteiger partial charge in [-0.1, -0.05) is 34.8 Å². The average molecular weight is 414 g/mol. The predicted octanol–water partition coefficient (Wildman–Crippen LogP) is 4.30. The number of hydrogen-bond donors (Lipinski definition) is 2. The minimum atomic E-state index is -4.44. The van der Waals surface area contributed by atoms with E-state index in [0.29, 0.717) is 0 Å². The Morgan fingerprint density at radius 1 is 1.04 bits per heavy atom. The number of halogens is 6. The van der Waals surface area contributed by atoms with E-state index in [2.05, 4.69) is 20.6 Å². The first-order chi connectivity index (χ1) is 11.7. The van der Waals surface area contributed by atoms with E-state index in [1.165, 1.54) is 12.3 Å². The van der Waals surface area contributed by atoms with Crippen LogP contribution in [0.3, 0.4) is 0 Å². The molecule has 0 bridgehead atoms. The maximum atomic E-state index is 12.4. The summed E-state index contributed by atoms with van der Waals surface area (Å²) in [4.78, 5) is 19.4. The highest BCUT2D eigenvalue weighted by atomic mass is 35.5. The number of carbonyl (C=O) groups excluding carboxylic acids is 1. The van der Waals surface area contributed by atoms with Gasteiger partial charge in [-0.05, 0) is 12.1 Å². The average Bonchev–Trinajstić information content (AvgIpc) is 2.56. The second-order valence-corrected chi connectivity index (χ2v) is 5.86. The molecule has 0 aliphatic heterocycles. The molecule has 2 aromatic rings. The Morgan fingerprint density at radius 2 is 1.76 bits per heavy atom. The molecule has 5 nitrogen and oxygen atoms in total. The van der Waals surface area contributed by atoms with Crippen LogP contribution in [0.1, 0.15) is 16.1 Å². The Labute approximate surface area is 155 Å². The molecule has 0 radical (unpaired) electrons. The molecule has 0 aliphatic rings. The SMILES string of the molecule is O=C(NCCNc1ccc(C(F)(F)F)cn1)c1ncc(Cl)c(Cl)c1Cl. The van der Waals surface area contributed by atoms with Crippen molar-refractivity contribution in [2.24, 2.45) is 0 Å². The van der Waals surface area contributed by atoms with Gasteiger partial charge in [-0.15, -0.1) is 0 Å². The number of anilines is 1. The number of nitrogens with one attached hydrogen (secondary N) is 2. The van der Waals surface area contributed by atoms with Gasteiger partial charge in [0, 0.05) is 25.5 Å². The van der Waals surface area contributed by atoms with Crippen LogP contribution in [0.15, 0.2) is 24.5 Å². The van der Waals surface area contributed by atoms with Crippen molar-refractivity contribution in [2.75, 3.05) is 18.4 Å². The molecular weight excluding hydrogens is 404 g/mol. The van der Waals surface area contributed by atoms with Gasteiger partial charge >= 0.3 is 6.18 Å². The normalized spacial score (nSPS) is 11.3. The van der Waals surface area contributed by atoms with E-state index >= 15 is 0 Å². The molecule has 0 spiro atoms. The smallest absolute Gasteiger partial charge is 0.368 e. The number of rotatable bonds is 5. The summed E-state index contributed by atoms with van der Waals surface area (Å²) in [5.41, 5.74) is -0.921. The van der Waals surface area contributed by atoms with E-state index in [-0.39, 0.29) is 39.7 Å². The van der Waals surface area contributed by atoms with E-state index in [1.54, 1.807) is 0 Å². The molecule has 1 amide bonds. The standard InChI is InChI=1S/C14H10Cl3F3N4O/c15-8-6-24-12(11(17)10(8)16)13(25)22-4-3-21-9-2-1-7(5-23-9)14(18,19)20/h1-2,5-6H,3-4H2,(H,21,23)(H,22,25). The van der Waals surface area contributed by atoms with Crippen LogP contribution in [-0.4, -0.2) is 29.0 Å². The van der Waals surface area contributed by atoms with Crippen molar-refractivity contribution in [1.82, 2.24) is 15.3 Å². The van der Waals surface area contributed by atoms with Crippen molar-refractivity contribution < 1.29 is 18.0 Å². The first kappa shape index (κ1) is 19.6. The minimum absolute atomic E-state index is 0.0237. The summed E-state index contributed by atoms with van der Waals surface area (Å²) in [5.74, 6) is -0.321. The monoisotopic (exact) mass is 412 g/mol. The zero-order valence-electron chi connectivity index (χ0n) is 12.3. The molecule has 11 heteroatoms. The highest BCUT2D eigenvalue weighted by molar-refractivity contribution is 6.48. The summed E-state index contributed by atoms with van der Waals surface area (Å²) in [6.07, 6.45) is -2.51. The molecule has 0 unspecified atom stereocenters.